The van der Waals surface area contributed by atoms with Gasteiger partial charge in [0.1, 0.15) is 35.0 Å². The summed E-state index contributed by atoms with van der Waals surface area (Å²) in [6.45, 7) is 4.81. The van der Waals surface area contributed by atoms with E-state index in [9.17, 15) is 13.5 Å². The van der Waals surface area contributed by atoms with Crippen molar-refractivity contribution >= 4 is 44.2 Å². The van der Waals surface area contributed by atoms with Crippen LogP contribution in [0.1, 0.15) is 31.4 Å². The minimum absolute atomic E-state index is 0.00429. The number of sulfonamides is 1. The lowest BCUT2D eigenvalue weighted by atomic mass is 10.0. The van der Waals surface area contributed by atoms with Gasteiger partial charge in [-0.25, -0.2) is 31.6 Å². The molecule has 9 nitrogen and oxygen atoms in total. The molecule has 0 aliphatic carbocycles. The molecule has 14 heteroatoms. The summed E-state index contributed by atoms with van der Waals surface area (Å²) in [5, 5.41) is 13.3. The summed E-state index contributed by atoms with van der Waals surface area (Å²) >= 11 is 6.05. The van der Waals surface area contributed by atoms with E-state index in [2.05, 4.69) is 31.8 Å². The number of fused-ring (bicyclic) bond motifs is 2. The molecule has 2 aliphatic heterocycles. The molecule has 4 aromatic rings. The van der Waals surface area contributed by atoms with E-state index in [1.54, 1.807) is 0 Å². The highest BCUT2D eigenvalue weighted by Gasteiger charge is 2.32. The Morgan fingerprint density at radius 2 is 1.88 bits per heavy atom. The van der Waals surface area contributed by atoms with Crippen molar-refractivity contribution in [3.63, 3.8) is 0 Å². The van der Waals surface area contributed by atoms with E-state index in [0.29, 0.717) is 5.95 Å². The molecule has 0 radical (unpaired) electrons. The second-order valence-electron chi connectivity index (χ2n) is 10.4. The molecular weight excluding hydrogens is 607 g/mol. The third kappa shape index (κ3) is 5.57. The Morgan fingerprint density at radius 1 is 1.12 bits per heavy atom. The predicted octanol–water partition coefficient (Wildman–Crippen LogP) is 5.49. The second kappa shape index (κ2) is 11.5. The summed E-state index contributed by atoms with van der Waals surface area (Å²) in [5.41, 5.74) is -1.44. The Bertz CT molecular complexity index is 1840. The van der Waals surface area contributed by atoms with Gasteiger partial charge in [0, 0.05) is 41.5 Å². The van der Waals surface area contributed by atoms with Crippen LogP contribution in [0.25, 0.3) is 22.0 Å². The summed E-state index contributed by atoms with van der Waals surface area (Å²) < 4.78 is 80.4. The fourth-order valence-electron chi connectivity index (χ4n) is 5.43. The number of rotatable bonds is 7. The summed E-state index contributed by atoms with van der Waals surface area (Å²) in [6, 6.07) is 6.95. The number of hydrogen-bond acceptors (Lipinski definition) is 8. The van der Waals surface area contributed by atoms with Crippen molar-refractivity contribution in [2.45, 2.75) is 36.8 Å². The molecular formula is C29H27ClF3N5O4S. The van der Waals surface area contributed by atoms with Crippen molar-refractivity contribution in [2.75, 3.05) is 36.3 Å². The van der Waals surface area contributed by atoms with Crippen LogP contribution in [-0.4, -0.2) is 60.7 Å². The number of aliphatic hydroxyl groups is 1. The number of nitrogens with zero attached hydrogens (tertiary/aromatic N) is 3. The number of nitrogens with one attached hydrogen (secondary N) is 2. The van der Waals surface area contributed by atoms with Gasteiger partial charge in [-0.3, -0.25) is 4.72 Å². The van der Waals surface area contributed by atoms with Gasteiger partial charge in [-0.15, -0.1) is 0 Å². The van der Waals surface area contributed by atoms with E-state index in [1.165, 1.54) is 24.4 Å². The zero-order valence-corrected chi connectivity index (χ0v) is 24.4. The first-order valence-electron chi connectivity index (χ1n) is 13.7. The number of piperidine rings is 1. The molecule has 1 atom stereocenters. The van der Waals surface area contributed by atoms with Gasteiger partial charge in [0.05, 0.1) is 22.2 Å². The zero-order chi connectivity index (χ0) is 30.5. The molecule has 0 bridgehead atoms. The van der Waals surface area contributed by atoms with Crippen molar-refractivity contribution in [3.05, 3.63) is 70.6 Å². The van der Waals surface area contributed by atoms with Gasteiger partial charge in [0.15, 0.2) is 5.82 Å². The van der Waals surface area contributed by atoms with Gasteiger partial charge < -0.3 is 20.1 Å². The Balaban J connectivity index is 1.31. The van der Waals surface area contributed by atoms with Crippen molar-refractivity contribution in [1.29, 1.82) is 0 Å². The van der Waals surface area contributed by atoms with E-state index < -0.39 is 55.3 Å². The fourth-order valence-corrected chi connectivity index (χ4v) is 6.98. The molecule has 2 aliphatic rings. The Labute approximate surface area is 250 Å². The van der Waals surface area contributed by atoms with Gasteiger partial charge in [0.2, 0.25) is 5.95 Å². The number of aromatic nitrogens is 2. The minimum Gasteiger partial charge on any atom is -0.489 e. The van der Waals surface area contributed by atoms with Gasteiger partial charge in [-0.2, -0.15) is 0 Å². The average Bonchev–Trinajstić information content (AvgIpc) is 3.35. The SMILES string of the molecule is CCN1CCC(Nc2ncc3c(F)c(-c4c(F)ccc(NS(=O)(=O)c5cc(Cl)cc6c5OCC6O)c4F)ccc3n2)CC1. The van der Waals surface area contributed by atoms with E-state index in [0.717, 1.165) is 50.7 Å². The van der Waals surface area contributed by atoms with E-state index >= 15 is 13.2 Å². The summed E-state index contributed by atoms with van der Waals surface area (Å²) in [5.74, 6) is -3.21. The Hall–Kier alpha value is -3.65. The fraction of sp³-hybridized carbons (Fsp3) is 0.310. The highest BCUT2D eigenvalue weighted by atomic mass is 35.5. The quantitative estimate of drug-likeness (QED) is 0.245. The molecule has 1 saturated heterocycles. The van der Waals surface area contributed by atoms with Gasteiger partial charge in [-0.05, 0) is 55.8 Å². The standard InChI is InChI=1S/C29H27ClF3N5O4S/c1-2-38-9-7-16(8-10-38)35-29-34-13-19-21(36-29)5-3-17(26(19)32)25-20(31)4-6-22(27(25)33)37-43(40,41)24-12-15(30)11-18-23(39)14-42-28(18)24/h3-6,11-13,16,23,37,39H,2,7-10,14H2,1H3,(H,34,35,36). The smallest absolute Gasteiger partial charge is 0.265 e. The topological polar surface area (TPSA) is 117 Å². The molecule has 3 N–H and O–H groups in total. The first-order chi connectivity index (χ1) is 20.6. The first kappa shape index (κ1) is 29.4. The molecule has 0 spiro atoms. The van der Waals surface area contributed by atoms with Crippen LogP contribution in [0.4, 0.5) is 24.8 Å². The maximum Gasteiger partial charge on any atom is 0.265 e. The number of halogens is 4. The Morgan fingerprint density at radius 3 is 2.63 bits per heavy atom. The van der Waals surface area contributed by atoms with Crippen LogP contribution in [-0.2, 0) is 10.0 Å². The number of hydrogen-bond donors (Lipinski definition) is 3. The molecule has 3 heterocycles. The van der Waals surface area contributed by atoms with Gasteiger partial charge in [0.25, 0.3) is 10.0 Å². The largest absolute Gasteiger partial charge is 0.489 e. The van der Waals surface area contributed by atoms with Crippen molar-refractivity contribution < 1.29 is 31.4 Å². The van der Waals surface area contributed by atoms with Crippen LogP contribution in [0.5, 0.6) is 5.75 Å². The molecule has 1 aromatic heterocycles. The third-order valence-corrected chi connectivity index (χ3v) is 9.34. The highest BCUT2D eigenvalue weighted by molar-refractivity contribution is 7.92. The summed E-state index contributed by atoms with van der Waals surface area (Å²) in [7, 11) is -4.54. The Kier molecular flexibility index (Phi) is 7.84. The monoisotopic (exact) mass is 633 g/mol. The van der Waals surface area contributed by atoms with Gasteiger partial charge in [-0.1, -0.05) is 18.5 Å². The number of aliphatic hydroxyl groups excluding tert-OH is 1. The molecule has 1 unspecified atom stereocenters. The summed E-state index contributed by atoms with van der Waals surface area (Å²) in [6.07, 6.45) is 1.98. The molecule has 43 heavy (non-hydrogen) atoms. The number of likely N-dealkylation sites (tertiary alicyclic amines) is 1. The average molecular weight is 634 g/mol. The number of anilines is 2. The van der Waals surface area contributed by atoms with Gasteiger partial charge >= 0.3 is 0 Å². The normalized spacial score (nSPS) is 17.6. The minimum atomic E-state index is -4.54. The van der Waals surface area contributed by atoms with Crippen LogP contribution in [0.15, 0.2) is 47.5 Å². The molecule has 3 aromatic carbocycles. The van der Waals surface area contributed by atoms with E-state index in [-0.39, 0.29) is 39.9 Å². The van der Waals surface area contributed by atoms with Crippen LogP contribution in [0.2, 0.25) is 5.02 Å². The van der Waals surface area contributed by atoms with E-state index in [4.69, 9.17) is 16.3 Å². The van der Waals surface area contributed by atoms with Crippen LogP contribution in [0.3, 0.4) is 0 Å². The molecule has 0 saturated carbocycles. The predicted molar refractivity (Wildman–Crippen MR) is 156 cm³/mol. The molecule has 1 fully saturated rings. The number of ether oxygens (including phenoxy) is 1. The zero-order valence-electron chi connectivity index (χ0n) is 22.9. The first-order valence-corrected chi connectivity index (χ1v) is 15.5. The highest BCUT2D eigenvalue weighted by Crippen LogP contribution is 2.41. The second-order valence-corrected chi connectivity index (χ2v) is 12.5. The van der Waals surface area contributed by atoms with Crippen LogP contribution in [0, 0.1) is 17.5 Å². The lowest BCUT2D eigenvalue weighted by Crippen LogP contribution is -2.39. The summed E-state index contributed by atoms with van der Waals surface area (Å²) in [4.78, 5) is 10.5. The van der Waals surface area contributed by atoms with E-state index in [1.807, 2.05) is 0 Å². The molecule has 226 valence electrons. The van der Waals surface area contributed by atoms with Crippen LogP contribution >= 0.6 is 11.6 Å². The maximum atomic E-state index is 15.8. The molecule has 0 amide bonds. The third-order valence-electron chi connectivity index (χ3n) is 7.75. The lowest BCUT2D eigenvalue weighted by Gasteiger charge is -2.31. The van der Waals surface area contributed by atoms with Crippen molar-refractivity contribution in [1.82, 2.24) is 14.9 Å². The van der Waals surface area contributed by atoms with Crippen molar-refractivity contribution in [3.8, 4) is 16.9 Å². The van der Waals surface area contributed by atoms with Crippen molar-refractivity contribution in [2.24, 2.45) is 0 Å². The van der Waals surface area contributed by atoms with Crippen LogP contribution < -0.4 is 14.8 Å². The maximum absolute atomic E-state index is 15.8. The molecule has 6 rings (SSSR count). The number of benzene rings is 3. The lowest BCUT2D eigenvalue weighted by molar-refractivity contribution is 0.140.